The summed E-state index contributed by atoms with van der Waals surface area (Å²) in [5, 5.41) is 0. The van der Waals surface area contributed by atoms with Gasteiger partial charge in [-0.25, -0.2) is 8.78 Å². The summed E-state index contributed by atoms with van der Waals surface area (Å²) in [7, 11) is 0. The third kappa shape index (κ3) is 5.40. The van der Waals surface area contributed by atoms with Crippen molar-refractivity contribution in [2.75, 3.05) is 18.8 Å². The summed E-state index contributed by atoms with van der Waals surface area (Å²) in [5.41, 5.74) is 0. The Bertz CT molecular complexity index is 590. The maximum absolute atomic E-state index is 13.4. The Morgan fingerprint density at radius 1 is 1.39 bits per heavy atom. The second-order valence-corrected chi connectivity index (χ2v) is 6.87. The predicted octanol–water partition coefficient (Wildman–Crippen LogP) is 3.00. The fourth-order valence-electron chi connectivity index (χ4n) is 2.25. The van der Waals surface area contributed by atoms with Crippen LogP contribution in [0.5, 0.6) is 5.75 Å². The molecule has 2 atom stereocenters. The van der Waals surface area contributed by atoms with Crippen molar-refractivity contribution in [1.29, 1.82) is 0 Å². The molecule has 126 valence electrons. The number of thioether (sulfide) groups is 1. The van der Waals surface area contributed by atoms with Gasteiger partial charge in [-0.05, 0) is 26.0 Å². The summed E-state index contributed by atoms with van der Waals surface area (Å²) in [6.45, 7) is 5.25. The van der Waals surface area contributed by atoms with E-state index in [2.05, 4.69) is 0 Å². The van der Waals surface area contributed by atoms with Gasteiger partial charge in [0, 0.05) is 19.2 Å². The van der Waals surface area contributed by atoms with Gasteiger partial charge in [0.2, 0.25) is 0 Å². The molecule has 0 aromatic heterocycles. The molecule has 8 heteroatoms. The van der Waals surface area contributed by atoms with Gasteiger partial charge in [0.05, 0.1) is 18.0 Å². The maximum atomic E-state index is 13.4. The van der Waals surface area contributed by atoms with Crippen LogP contribution in [0.1, 0.15) is 13.8 Å². The molecule has 1 aliphatic heterocycles. The topological polar surface area (TPSA) is 38.8 Å². The van der Waals surface area contributed by atoms with Crippen LogP contribution in [0.2, 0.25) is 0 Å². The van der Waals surface area contributed by atoms with Crippen LogP contribution < -0.4 is 4.74 Å². The van der Waals surface area contributed by atoms with Gasteiger partial charge in [-0.1, -0.05) is 24.0 Å². The van der Waals surface area contributed by atoms with Crippen LogP contribution in [-0.2, 0) is 9.53 Å². The summed E-state index contributed by atoms with van der Waals surface area (Å²) >= 11 is 6.46. The summed E-state index contributed by atoms with van der Waals surface area (Å²) in [6, 6.07) is 2.77. The van der Waals surface area contributed by atoms with Crippen molar-refractivity contribution in [3.05, 3.63) is 29.8 Å². The summed E-state index contributed by atoms with van der Waals surface area (Å²) in [4.78, 5) is 13.7. The van der Waals surface area contributed by atoms with E-state index in [9.17, 15) is 13.6 Å². The standard InChI is InChI=1S/C15H17F2NO3S2/c1-9-6-18(7-10(2)20-9)15(22)23-8-14(19)21-13-4-3-11(16)5-12(13)17/h3-5,9-10H,6-8H2,1-2H3/t9-,10-/m1/s1. The van der Waals surface area contributed by atoms with E-state index >= 15 is 0 Å². The van der Waals surface area contributed by atoms with Crippen molar-refractivity contribution in [2.45, 2.75) is 26.1 Å². The highest BCUT2D eigenvalue weighted by Gasteiger charge is 2.24. The molecule has 1 saturated heterocycles. The highest BCUT2D eigenvalue weighted by molar-refractivity contribution is 8.23. The van der Waals surface area contributed by atoms with E-state index in [1.54, 1.807) is 0 Å². The number of carbonyl (C=O) groups is 1. The summed E-state index contributed by atoms with van der Waals surface area (Å²) < 4.78 is 37.3. The van der Waals surface area contributed by atoms with E-state index in [0.717, 1.165) is 23.9 Å². The Morgan fingerprint density at radius 3 is 2.65 bits per heavy atom. The molecule has 1 fully saturated rings. The van der Waals surface area contributed by atoms with Crippen LogP contribution >= 0.6 is 24.0 Å². The predicted molar refractivity (Wildman–Crippen MR) is 88.6 cm³/mol. The number of nitrogens with zero attached hydrogens (tertiary/aromatic N) is 1. The monoisotopic (exact) mass is 361 g/mol. The number of morpholine rings is 1. The number of hydrogen-bond acceptors (Lipinski definition) is 5. The molecule has 2 rings (SSSR count). The minimum atomic E-state index is -0.915. The van der Waals surface area contributed by atoms with E-state index in [0.29, 0.717) is 23.5 Å². The van der Waals surface area contributed by atoms with E-state index in [-0.39, 0.29) is 23.7 Å². The van der Waals surface area contributed by atoms with Gasteiger partial charge in [0.25, 0.3) is 0 Å². The lowest BCUT2D eigenvalue weighted by atomic mass is 10.2. The Kier molecular flexibility index (Phi) is 6.32. The van der Waals surface area contributed by atoms with Crippen LogP contribution in [0.4, 0.5) is 8.78 Å². The molecular weight excluding hydrogens is 344 g/mol. The van der Waals surface area contributed by atoms with Crippen molar-refractivity contribution in [1.82, 2.24) is 4.90 Å². The fraction of sp³-hybridized carbons (Fsp3) is 0.467. The molecule has 0 radical (unpaired) electrons. The van der Waals surface area contributed by atoms with Crippen molar-refractivity contribution in [3.63, 3.8) is 0 Å². The minimum Gasteiger partial charge on any atom is -0.423 e. The number of benzene rings is 1. The number of carbonyl (C=O) groups excluding carboxylic acids is 1. The Balaban J connectivity index is 1.83. The zero-order chi connectivity index (χ0) is 17.0. The molecule has 0 amide bonds. The van der Waals surface area contributed by atoms with Gasteiger partial charge in [0.15, 0.2) is 11.6 Å². The largest absolute Gasteiger partial charge is 0.423 e. The first-order chi connectivity index (χ1) is 10.8. The van der Waals surface area contributed by atoms with Crippen LogP contribution in [0, 0.1) is 11.6 Å². The second-order valence-electron chi connectivity index (χ2n) is 5.27. The normalized spacial score (nSPS) is 21.1. The number of halogens is 2. The number of thiocarbonyl (C=S) groups is 1. The Morgan fingerprint density at radius 2 is 2.04 bits per heavy atom. The van der Waals surface area contributed by atoms with Gasteiger partial charge < -0.3 is 14.4 Å². The average Bonchev–Trinajstić information content (AvgIpc) is 2.46. The number of esters is 1. The first-order valence-corrected chi connectivity index (χ1v) is 8.47. The smallest absolute Gasteiger partial charge is 0.321 e. The molecule has 0 aliphatic carbocycles. The third-order valence-electron chi connectivity index (χ3n) is 3.11. The first kappa shape index (κ1) is 18.1. The summed E-state index contributed by atoms with van der Waals surface area (Å²) in [6.07, 6.45) is 0.134. The van der Waals surface area contributed by atoms with Crippen LogP contribution in [0.15, 0.2) is 18.2 Å². The molecule has 0 spiro atoms. The molecule has 23 heavy (non-hydrogen) atoms. The van der Waals surface area contributed by atoms with E-state index in [1.807, 2.05) is 18.7 Å². The van der Waals surface area contributed by atoms with Gasteiger partial charge in [-0.2, -0.15) is 0 Å². The number of hydrogen-bond donors (Lipinski definition) is 0. The van der Waals surface area contributed by atoms with Crippen molar-refractivity contribution < 1.29 is 23.0 Å². The molecule has 1 aliphatic rings. The molecule has 1 aromatic rings. The average molecular weight is 361 g/mol. The lowest BCUT2D eigenvalue weighted by Gasteiger charge is -2.36. The van der Waals surface area contributed by atoms with Crippen molar-refractivity contribution in [3.8, 4) is 5.75 Å². The molecule has 0 saturated carbocycles. The highest BCUT2D eigenvalue weighted by Crippen LogP contribution is 2.20. The lowest BCUT2D eigenvalue weighted by molar-refractivity contribution is -0.131. The van der Waals surface area contributed by atoms with Gasteiger partial charge in [-0.15, -0.1) is 0 Å². The molecule has 4 nitrogen and oxygen atoms in total. The third-order valence-corrected chi connectivity index (χ3v) is 4.61. The molecule has 0 bridgehead atoms. The van der Waals surface area contributed by atoms with E-state index < -0.39 is 17.6 Å². The van der Waals surface area contributed by atoms with Crippen molar-refractivity contribution in [2.24, 2.45) is 0 Å². The molecule has 0 unspecified atom stereocenters. The van der Waals surface area contributed by atoms with Crippen LogP contribution in [-0.4, -0.2) is 46.2 Å². The van der Waals surface area contributed by atoms with Crippen molar-refractivity contribution >= 4 is 34.3 Å². The minimum absolute atomic E-state index is 0.0459. The molecule has 1 heterocycles. The second kappa shape index (κ2) is 8.03. The highest BCUT2D eigenvalue weighted by atomic mass is 32.2. The Hall–Kier alpha value is -1.25. The lowest BCUT2D eigenvalue weighted by Crippen LogP contribution is -2.47. The number of rotatable bonds is 3. The van der Waals surface area contributed by atoms with Gasteiger partial charge in [-0.3, -0.25) is 4.79 Å². The maximum Gasteiger partial charge on any atom is 0.321 e. The SMILES string of the molecule is C[C@@H]1CN(C(=S)SCC(=O)Oc2ccc(F)cc2F)C[C@@H](C)O1. The first-order valence-electron chi connectivity index (χ1n) is 7.08. The van der Waals surface area contributed by atoms with E-state index in [1.165, 1.54) is 0 Å². The molecule has 1 aromatic carbocycles. The van der Waals surface area contributed by atoms with Gasteiger partial charge in [0.1, 0.15) is 10.1 Å². The number of ether oxygens (including phenoxy) is 2. The van der Waals surface area contributed by atoms with E-state index in [4.69, 9.17) is 21.7 Å². The summed E-state index contributed by atoms with van der Waals surface area (Å²) in [5.74, 6) is -2.63. The quantitative estimate of drug-likeness (QED) is 0.468. The van der Waals surface area contributed by atoms with Crippen LogP contribution in [0.3, 0.4) is 0 Å². The van der Waals surface area contributed by atoms with Crippen LogP contribution in [0.25, 0.3) is 0 Å². The van der Waals surface area contributed by atoms with Gasteiger partial charge >= 0.3 is 5.97 Å². The zero-order valence-corrected chi connectivity index (χ0v) is 14.4. The fourth-order valence-corrected chi connectivity index (χ4v) is 3.21. The zero-order valence-electron chi connectivity index (χ0n) is 12.8. The Labute approximate surface area is 143 Å². The molecular formula is C15H17F2NO3S2. The molecule has 0 N–H and O–H groups in total.